The van der Waals surface area contributed by atoms with E-state index in [0.29, 0.717) is 22.6 Å². The maximum Gasteiger partial charge on any atom is 0.335 e. The SMILES string of the molecule is Cc1ccc(C(=O)O)cc1S(=O)(=O)Nc1ccc(N=Nc2ccccc2)cc1. The number of carboxylic acid groups (broad SMARTS) is 1. The predicted molar refractivity (Wildman–Crippen MR) is 106 cm³/mol. The molecular weight excluding hydrogens is 378 g/mol. The number of nitrogens with zero attached hydrogens (tertiary/aromatic N) is 2. The number of aryl methyl sites for hydroxylation is 1. The first-order chi connectivity index (χ1) is 13.3. The van der Waals surface area contributed by atoms with Crippen molar-refractivity contribution in [3.8, 4) is 0 Å². The molecule has 0 radical (unpaired) electrons. The van der Waals surface area contributed by atoms with Gasteiger partial charge in [-0.3, -0.25) is 4.72 Å². The summed E-state index contributed by atoms with van der Waals surface area (Å²) in [5, 5.41) is 17.3. The van der Waals surface area contributed by atoms with Gasteiger partial charge < -0.3 is 5.11 Å². The number of hydrogen-bond donors (Lipinski definition) is 2. The van der Waals surface area contributed by atoms with Crippen molar-refractivity contribution in [2.24, 2.45) is 10.2 Å². The molecule has 8 heteroatoms. The third-order valence-corrected chi connectivity index (χ3v) is 5.40. The predicted octanol–water partition coefficient (Wildman–Crippen LogP) is 4.91. The fourth-order valence-electron chi connectivity index (χ4n) is 2.44. The standard InChI is InChI=1S/C20H17N3O4S/c1-14-7-8-15(20(24)25)13-19(14)28(26,27)23-18-11-9-17(10-12-18)22-21-16-5-3-2-4-6-16/h2-13,23H,1H3,(H,24,25). The number of carbonyl (C=O) groups is 1. The summed E-state index contributed by atoms with van der Waals surface area (Å²) >= 11 is 0. The molecule has 28 heavy (non-hydrogen) atoms. The van der Waals surface area contributed by atoms with Crippen LogP contribution < -0.4 is 4.72 Å². The Morgan fingerprint density at radius 3 is 2.11 bits per heavy atom. The van der Waals surface area contributed by atoms with Gasteiger partial charge in [-0.15, -0.1) is 0 Å². The van der Waals surface area contributed by atoms with Gasteiger partial charge in [-0.25, -0.2) is 13.2 Å². The lowest BCUT2D eigenvalue weighted by atomic mass is 10.1. The van der Waals surface area contributed by atoms with E-state index in [2.05, 4.69) is 15.0 Å². The van der Waals surface area contributed by atoms with E-state index in [0.717, 1.165) is 6.07 Å². The molecule has 0 spiro atoms. The molecule has 0 saturated heterocycles. The lowest BCUT2D eigenvalue weighted by Gasteiger charge is -2.11. The van der Waals surface area contributed by atoms with Gasteiger partial charge in [-0.1, -0.05) is 24.3 Å². The Morgan fingerprint density at radius 2 is 1.50 bits per heavy atom. The topological polar surface area (TPSA) is 108 Å². The number of azo groups is 1. The van der Waals surface area contributed by atoms with Gasteiger partial charge in [0.2, 0.25) is 0 Å². The van der Waals surface area contributed by atoms with Crippen LogP contribution in [0.25, 0.3) is 0 Å². The number of carboxylic acids is 1. The number of nitrogens with one attached hydrogen (secondary N) is 1. The zero-order chi connectivity index (χ0) is 20.1. The van der Waals surface area contributed by atoms with Crippen LogP contribution in [0.15, 0.2) is 87.9 Å². The van der Waals surface area contributed by atoms with E-state index in [1.807, 2.05) is 30.3 Å². The van der Waals surface area contributed by atoms with Crippen molar-refractivity contribution in [2.45, 2.75) is 11.8 Å². The van der Waals surface area contributed by atoms with Crippen molar-refractivity contribution in [1.29, 1.82) is 0 Å². The van der Waals surface area contributed by atoms with Gasteiger partial charge in [-0.2, -0.15) is 10.2 Å². The Labute approximate surface area is 162 Å². The molecule has 0 aliphatic heterocycles. The maximum atomic E-state index is 12.6. The van der Waals surface area contributed by atoms with Gasteiger partial charge in [0.1, 0.15) is 0 Å². The summed E-state index contributed by atoms with van der Waals surface area (Å²) in [4.78, 5) is 11.0. The first-order valence-electron chi connectivity index (χ1n) is 8.29. The molecule has 3 aromatic carbocycles. The van der Waals surface area contributed by atoms with E-state index in [1.54, 1.807) is 31.2 Å². The van der Waals surface area contributed by atoms with E-state index in [4.69, 9.17) is 5.11 Å². The second-order valence-electron chi connectivity index (χ2n) is 5.97. The van der Waals surface area contributed by atoms with Crippen LogP contribution in [0.5, 0.6) is 0 Å². The van der Waals surface area contributed by atoms with Crippen LogP contribution >= 0.6 is 0 Å². The number of aromatic carboxylic acids is 1. The Bertz CT molecular complexity index is 1130. The van der Waals surface area contributed by atoms with Gasteiger partial charge in [0.15, 0.2) is 0 Å². The summed E-state index contributed by atoms with van der Waals surface area (Å²) < 4.78 is 27.7. The molecule has 0 amide bonds. The van der Waals surface area contributed by atoms with Crippen LogP contribution in [0.4, 0.5) is 17.1 Å². The molecule has 3 aromatic rings. The van der Waals surface area contributed by atoms with E-state index in [1.165, 1.54) is 12.1 Å². The summed E-state index contributed by atoms with van der Waals surface area (Å²) in [6.45, 7) is 1.60. The zero-order valence-electron chi connectivity index (χ0n) is 14.9. The molecule has 0 heterocycles. The zero-order valence-corrected chi connectivity index (χ0v) is 15.7. The molecule has 0 aliphatic rings. The molecular formula is C20H17N3O4S. The quantitative estimate of drug-likeness (QED) is 0.578. The highest BCUT2D eigenvalue weighted by atomic mass is 32.2. The third-order valence-electron chi connectivity index (χ3n) is 3.88. The van der Waals surface area contributed by atoms with E-state index in [9.17, 15) is 13.2 Å². The molecule has 2 N–H and O–H groups in total. The van der Waals surface area contributed by atoms with Crippen molar-refractivity contribution in [1.82, 2.24) is 0 Å². The molecule has 142 valence electrons. The Hall–Kier alpha value is -3.52. The second kappa shape index (κ2) is 8.01. The summed E-state index contributed by atoms with van der Waals surface area (Å²) in [6.07, 6.45) is 0. The monoisotopic (exact) mass is 395 g/mol. The normalized spacial score (nSPS) is 11.5. The lowest BCUT2D eigenvalue weighted by molar-refractivity contribution is 0.0696. The fourth-order valence-corrected chi connectivity index (χ4v) is 3.77. The van der Waals surface area contributed by atoms with Gasteiger partial charge in [0.05, 0.1) is 21.8 Å². The van der Waals surface area contributed by atoms with Crippen LogP contribution in [-0.4, -0.2) is 19.5 Å². The van der Waals surface area contributed by atoms with Gasteiger partial charge in [-0.05, 0) is 61.0 Å². The highest BCUT2D eigenvalue weighted by Gasteiger charge is 2.19. The molecule has 0 fully saturated rings. The second-order valence-corrected chi connectivity index (χ2v) is 7.62. The van der Waals surface area contributed by atoms with Crippen molar-refractivity contribution in [3.63, 3.8) is 0 Å². The van der Waals surface area contributed by atoms with E-state index < -0.39 is 16.0 Å². The minimum Gasteiger partial charge on any atom is -0.478 e. The Balaban J connectivity index is 1.79. The molecule has 3 rings (SSSR count). The van der Waals surface area contributed by atoms with Crippen LogP contribution in [0.1, 0.15) is 15.9 Å². The lowest BCUT2D eigenvalue weighted by Crippen LogP contribution is -2.15. The van der Waals surface area contributed by atoms with Crippen LogP contribution in [0.2, 0.25) is 0 Å². The average Bonchev–Trinajstić information content (AvgIpc) is 2.68. The van der Waals surface area contributed by atoms with Crippen LogP contribution in [0.3, 0.4) is 0 Å². The molecule has 0 bridgehead atoms. The molecule has 0 saturated carbocycles. The number of sulfonamides is 1. The number of benzene rings is 3. The van der Waals surface area contributed by atoms with Gasteiger partial charge in [0.25, 0.3) is 10.0 Å². The number of hydrogen-bond acceptors (Lipinski definition) is 5. The minimum atomic E-state index is -3.94. The van der Waals surface area contributed by atoms with Crippen molar-refractivity contribution >= 4 is 33.1 Å². The first-order valence-corrected chi connectivity index (χ1v) is 9.77. The van der Waals surface area contributed by atoms with Crippen molar-refractivity contribution in [3.05, 3.63) is 83.9 Å². The summed E-state index contributed by atoms with van der Waals surface area (Å²) in [5.74, 6) is -1.19. The fraction of sp³-hybridized carbons (Fsp3) is 0.0500. The van der Waals surface area contributed by atoms with E-state index in [-0.39, 0.29) is 10.5 Å². The summed E-state index contributed by atoms with van der Waals surface area (Å²) in [5.41, 5.74) is 1.96. The Morgan fingerprint density at radius 1 is 0.893 bits per heavy atom. The minimum absolute atomic E-state index is 0.0831. The Kier molecular flexibility index (Phi) is 5.51. The van der Waals surface area contributed by atoms with Gasteiger partial charge in [0, 0.05) is 5.69 Å². The molecule has 0 atom stereocenters. The summed E-state index contributed by atoms with van der Waals surface area (Å²) in [6, 6.07) is 19.6. The van der Waals surface area contributed by atoms with Gasteiger partial charge >= 0.3 is 5.97 Å². The number of anilines is 1. The van der Waals surface area contributed by atoms with Crippen LogP contribution in [-0.2, 0) is 10.0 Å². The van der Waals surface area contributed by atoms with Crippen molar-refractivity contribution in [2.75, 3.05) is 4.72 Å². The van der Waals surface area contributed by atoms with Crippen LogP contribution in [0, 0.1) is 6.92 Å². The third kappa shape index (κ3) is 4.60. The molecule has 0 aromatic heterocycles. The largest absolute Gasteiger partial charge is 0.478 e. The van der Waals surface area contributed by atoms with E-state index >= 15 is 0 Å². The number of rotatable bonds is 6. The average molecular weight is 395 g/mol. The smallest absolute Gasteiger partial charge is 0.335 e. The first kappa shape index (κ1) is 19.2. The van der Waals surface area contributed by atoms with Crippen molar-refractivity contribution < 1.29 is 18.3 Å². The highest BCUT2D eigenvalue weighted by Crippen LogP contribution is 2.24. The molecule has 7 nitrogen and oxygen atoms in total. The molecule has 0 aliphatic carbocycles. The maximum absolute atomic E-state index is 12.6. The highest BCUT2D eigenvalue weighted by molar-refractivity contribution is 7.92. The summed E-state index contributed by atoms with van der Waals surface area (Å²) in [7, 11) is -3.94. The molecule has 0 unspecified atom stereocenters.